The molecule has 0 bridgehead atoms. The summed E-state index contributed by atoms with van der Waals surface area (Å²) in [6.07, 6.45) is 21.8. The van der Waals surface area contributed by atoms with Crippen LogP contribution in [0.3, 0.4) is 0 Å². The Morgan fingerprint density at radius 3 is 1.31 bits per heavy atom. The SMILES string of the molecule is CCCCCCCCCCCCCC[C@@H](OCc1ccc(OC)cc1)[C@@H](OCc1ccc(OC)cc1)[C@H](CO[C@H]1OC(COCc2ccccc2)[C@H](OCc2ccccc2)[C@@H](OCc2ccccc2)[C@@H]1OCc1ccccc1)CC(=O)CCCCCCCCCCCS. The number of ether oxygens (including phenoxy) is 10. The van der Waals surface area contributed by atoms with Crippen LogP contribution in [0.4, 0.5) is 0 Å². The van der Waals surface area contributed by atoms with Crippen LogP contribution in [-0.4, -0.2) is 81.9 Å². The van der Waals surface area contributed by atoms with Crippen molar-refractivity contribution in [1.82, 2.24) is 0 Å². The second-order valence-electron chi connectivity index (χ2n) is 25.3. The fourth-order valence-corrected chi connectivity index (χ4v) is 12.6. The first-order valence-electron chi connectivity index (χ1n) is 35.4. The van der Waals surface area contributed by atoms with E-state index in [1.807, 2.05) is 109 Å². The Hall–Kier alpha value is -5.38. The Balaban J connectivity index is 1.23. The molecule has 0 saturated carbocycles. The maximum absolute atomic E-state index is 14.9. The van der Waals surface area contributed by atoms with Crippen LogP contribution < -0.4 is 9.47 Å². The summed E-state index contributed by atoms with van der Waals surface area (Å²) in [5.74, 6) is 2.22. The summed E-state index contributed by atoms with van der Waals surface area (Å²) < 4.78 is 68.4. The van der Waals surface area contributed by atoms with Crippen molar-refractivity contribution in [3.05, 3.63) is 203 Å². The van der Waals surface area contributed by atoms with Crippen LogP contribution in [-0.2, 0) is 82.3 Å². The van der Waals surface area contributed by atoms with Crippen LogP contribution in [0.15, 0.2) is 170 Å². The molecule has 1 fully saturated rings. The van der Waals surface area contributed by atoms with Crippen molar-refractivity contribution in [2.24, 2.45) is 5.92 Å². The van der Waals surface area contributed by atoms with E-state index in [1.165, 1.54) is 96.3 Å². The van der Waals surface area contributed by atoms with Crippen molar-refractivity contribution >= 4 is 18.4 Å². The van der Waals surface area contributed by atoms with E-state index in [4.69, 9.17) is 47.4 Å². The Kier molecular flexibility index (Phi) is 37.7. The van der Waals surface area contributed by atoms with Crippen LogP contribution in [0, 0.1) is 5.92 Å². The number of thiol groups is 1. The number of Topliss-reactive ketones (excluding diaryl/α,β-unsaturated/α-hetero) is 1. The predicted molar refractivity (Wildman–Crippen MR) is 378 cm³/mol. The van der Waals surface area contributed by atoms with Crippen LogP contribution in [0.5, 0.6) is 11.5 Å². The van der Waals surface area contributed by atoms with Gasteiger partial charge in [0.1, 0.15) is 41.7 Å². The Morgan fingerprint density at radius 2 is 0.839 bits per heavy atom. The second kappa shape index (κ2) is 46.7. The van der Waals surface area contributed by atoms with Gasteiger partial charge in [0.15, 0.2) is 6.29 Å². The van der Waals surface area contributed by atoms with Gasteiger partial charge in [-0.1, -0.05) is 275 Å². The molecule has 1 aliphatic heterocycles. The molecule has 93 heavy (non-hydrogen) atoms. The average molecular weight is 1290 g/mol. The summed E-state index contributed by atoms with van der Waals surface area (Å²) in [5.41, 5.74) is 6.05. The van der Waals surface area contributed by atoms with Gasteiger partial charge in [0.05, 0.1) is 79.3 Å². The molecule has 0 spiro atoms. The summed E-state index contributed by atoms with van der Waals surface area (Å²) >= 11 is 4.40. The van der Waals surface area contributed by atoms with Gasteiger partial charge >= 0.3 is 0 Å². The molecule has 0 amide bonds. The highest BCUT2D eigenvalue weighted by atomic mass is 32.1. The van der Waals surface area contributed by atoms with Crippen LogP contribution in [0.1, 0.15) is 194 Å². The summed E-state index contributed by atoms with van der Waals surface area (Å²) in [6.45, 7) is 4.40. The minimum atomic E-state index is -0.996. The van der Waals surface area contributed by atoms with Gasteiger partial charge in [0.25, 0.3) is 0 Å². The Bertz CT molecular complexity index is 2770. The number of hydrogen-bond acceptors (Lipinski definition) is 12. The molecule has 11 nitrogen and oxygen atoms in total. The lowest BCUT2D eigenvalue weighted by Crippen LogP contribution is -2.62. The van der Waals surface area contributed by atoms with Gasteiger partial charge in [-0.2, -0.15) is 12.6 Å². The number of hydrogen-bond donors (Lipinski definition) is 1. The molecule has 0 radical (unpaired) electrons. The first kappa shape index (κ1) is 75.0. The van der Waals surface area contributed by atoms with E-state index in [2.05, 4.69) is 80.2 Å². The normalized spacial score (nSPS) is 17.4. The Morgan fingerprint density at radius 1 is 0.430 bits per heavy atom. The zero-order valence-corrected chi connectivity index (χ0v) is 57.5. The van der Waals surface area contributed by atoms with E-state index >= 15 is 0 Å². The van der Waals surface area contributed by atoms with Crippen LogP contribution in [0.25, 0.3) is 0 Å². The van der Waals surface area contributed by atoms with Gasteiger partial charge in [0.2, 0.25) is 0 Å². The quantitative estimate of drug-likeness (QED) is 0.0291. The maximum Gasteiger partial charge on any atom is 0.186 e. The van der Waals surface area contributed by atoms with Gasteiger partial charge in [-0.25, -0.2) is 0 Å². The zero-order chi connectivity index (χ0) is 65.0. The molecular formula is C81H112O11S. The van der Waals surface area contributed by atoms with E-state index in [-0.39, 0.29) is 45.2 Å². The van der Waals surface area contributed by atoms with Gasteiger partial charge in [-0.3, -0.25) is 4.79 Å². The number of carbonyl (C=O) groups is 1. The van der Waals surface area contributed by atoms with E-state index in [0.717, 1.165) is 95.6 Å². The van der Waals surface area contributed by atoms with Crippen molar-refractivity contribution in [2.45, 2.75) is 244 Å². The smallest absolute Gasteiger partial charge is 0.186 e. The van der Waals surface area contributed by atoms with Gasteiger partial charge < -0.3 is 47.4 Å². The molecule has 508 valence electrons. The number of unbranched alkanes of at least 4 members (excludes halogenated alkanes) is 19. The fraction of sp³-hybridized carbons (Fsp3) is 0.543. The van der Waals surface area contributed by atoms with Crippen LogP contribution >= 0.6 is 12.6 Å². The van der Waals surface area contributed by atoms with Crippen molar-refractivity contribution in [2.75, 3.05) is 33.2 Å². The highest BCUT2D eigenvalue weighted by Gasteiger charge is 2.50. The molecule has 8 atom stereocenters. The maximum atomic E-state index is 14.9. The third kappa shape index (κ3) is 29.7. The number of benzene rings is 6. The van der Waals surface area contributed by atoms with Gasteiger partial charge in [-0.15, -0.1) is 0 Å². The third-order valence-electron chi connectivity index (χ3n) is 17.8. The topological polar surface area (TPSA) is 109 Å². The lowest BCUT2D eigenvalue weighted by Gasteiger charge is -2.46. The minimum absolute atomic E-state index is 0.0987. The zero-order valence-electron chi connectivity index (χ0n) is 56.6. The van der Waals surface area contributed by atoms with Crippen molar-refractivity contribution < 1.29 is 52.2 Å². The lowest BCUT2D eigenvalue weighted by atomic mass is 9.89. The molecule has 12 heteroatoms. The second-order valence-corrected chi connectivity index (χ2v) is 25.8. The minimum Gasteiger partial charge on any atom is -0.497 e. The molecule has 1 heterocycles. The summed E-state index contributed by atoms with van der Waals surface area (Å²) in [6, 6.07) is 56.8. The standard InChI is InChI=1S/C81H112O11S/c1-4-5-6-7-8-9-10-11-14-17-20-35-46-75(86-58-69-47-51-73(83-2)52-48-69)77(87-62-70-49-53-74(84-3)54-50-70)71(56-72(82)45-34-19-16-13-12-15-18-21-36-55-93)63-91-81-80(90-61-68-43-32-25-33-44-68)79(89-60-67-41-30-24-31-42-67)78(88-59-66-39-28-23-29-40-66)76(92-81)64-85-57-65-37-26-22-27-38-65/h22-33,37-44,47-54,71,75-81,93H,4-21,34-36,45-46,55-64H2,1-3H3/t71-,75+,76?,77-,78-,79+,80-,81-/m0/s1. The molecule has 1 saturated heterocycles. The number of ketones is 1. The lowest BCUT2D eigenvalue weighted by molar-refractivity contribution is -0.331. The monoisotopic (exact) mass is 1290 g/mol. The third-order valence-corrected chi connectivity index (χ3v) is 18.1. The van der Waals surface area contributed by atoms with E-state index in [9.17, 15) is 4.79 Å². The molecule has 1 aliphatic rings. The first-order chi connectivity index (χ1) is 45.9. The van der Waals surface area contributed by atoms with Crippen LogP contribution in [0.2, 0.25) is 0 Å². The Labute approximate surface area is 565 Å². The van der Waals surface area contributed by atoms with E-state index < -0.39 is 48.8 Å². The molecule has 0 aliphatic carbocycles. The average Bonchev–Trinajstić information content (AvgIpc) is 0.935. The van der Waals surface area contributed by atoms with E-state index in [1.54, 1.807) is 14.2 Å². The fourth-order valence-electron chi connectivity index (χ4n) is 12.4. The molecule has 0 aromatic heterocycles. The van der Waals surface area contributed by atoms with E-state index in [0.29, 0.717) is 26.2 Å². The molecule has 7 rings (SSSR count). The summed E-state index contributed by atoms with van der Waals surface area (Å²) in [7, 11) is 3.37. The number of rotatable bonds is 52. The summed E-state index contributed by atoms with van der Waals surface area (Å²) in [4.78, 5) is 14.9. The molecule has 0 N–H and O–H groups in total. The van der Waals surface area contributed by atoms with Gasteiger partial charge in [-0.05, 0) is 82.7 Å². The highest BCUT2D eigenvalue weighted by Crippen LogP contribution is 2.35. The largest absolute Gasteiger partial charge is 0.497 e. The predicted octanol–water partition coefficient (Wildman–Crippen LogP) is 19.4. The molecule has 1 unspecified atom stereocenters. The van der Waals surface area contributed by atoms with Crippen molar-refractivity contribution in [3.8, 4) is 11.5 Å². The first-order valence-corrected chi connectivity index (χ1v) is 36.0. The van der Waals surface area contributed by atoms with Crippen molar-refractivity contribution in [1.29, 1.82) is 0 Å². The van der Waals surface area contributed by atoms with Gasteiger partial charge in [0, 0.05) is 18.8 Å². The number of carbonyl (C=O) groups excluding carboxylic acids is 1. The molecular weight excluding hydrogens is 1180 g/mol. The number of methoxy groups -OCH3 is 2. The van der Waals surface area contributed by atoms with Crippen molar-refractivity contribution in [3.63, 3.8) is 0 Å². The summed E-state index contributed by atoms with van der Waals surface area (Å²) in [5, 5.41) is 0. The molecule has 6 aromatic rings. The highest BCUT2D eigenvalue weighted by molar-refractivity contribution is 7.80. The molecule has 6 aromatic carbocycles.